The van der Waals surface area contributed by atoms with Crippen LogP contribution in [0.15, 0.2) is 48.5 Å². The number of hydrogen-bond acceptors (Lipinski definition) is 4. The number of nitrogens with one attached hydrogen (secondary N) is 2. The lowest BCUT2D eigenvalue weighted by Gasteiger charge is -2.26. The number of benzene rings is 2. The highest BCUT2D eigenvalue weighted by atomic mass is 35.5. The predicted molar refractivity (Wildman–Crippen MR) is 104 cm³/mol. The molecule has 0 aliphatic carbocycles. The molecule has 0 bridgehead atoms. The van der Waals surface area contributed by atoms with E-state index < -0.39 is 6.10 Å². The molecule has 3 rings (SSSR count). The van der Waals surface area contributed by atoms with Crippen LogP contribution >= 0.6 is 12.4 Å². The summed E-state index contributed by atoms with van der Waals surface area (Å²) < 4.78 is 23.9. The summed E-state index contributed by atoms with van der Waals surface area (Å²) in [4.78, 5) is 12.6. The lowest BCUT2D eigenvalue weighted by atomic mass is 9.98. The number of rotatable bonds is 6. The summed E-state index contributed by atoms with van der Waals surface area (Å²) in [5.41, 5.74) is 1.89. The van der Waals surface area contributed by atoms with Crippen LogP contribution in [0.1, 0.15) is 17.2 Å². The smallest absolute Gasteiger partial charge is 0.250 e. The molecular weight excluding hydrogens is 371 g/mol. The molecule has 0 saturated carbocycles. The van der Waals surface area contributed by atoms with E-state index in [1.165, 1.54) is 12.1 Å². The molecule has 1 heterocycles. The van der Waals surface area contributed by atoms with Gasteiger partial charge in [-0.25, -0.2) is 4.39 Å². The van der Waals surface area contributed by atoms with E-state index in [0.29, 0.717) is 19.6 Å². The van der Waals surface area contributed by atoms with Crippen molar-refractivity contribution in [2.24, 2.45) is 0 Å². The molecule has 0 radical (unpaired) electrons. The van der Waals surface area contributed by atoms with Gasteiger partial charge in [0.25, 0.3) is 5.91 Å². The van der Waals surface area contributed by atoms with E-state index in [0.717, 1.165) is 23.4 Å². The molecule has 27 heavy (non-hydrogen) atoms. The van der Waals surface area contributed by atoms with Crippen LogP contribution in [0.5, 0.6) is 5.75 Å². The minimum atomic E-state index is -0.502. The minimum Gasteiger partial charge on any atom is -0.497 e. The van der Waals surface area contributed by atoms with Gasteiger partial charge in [0, 0.05) is 13.1 Å². The van der Waals surface area contributed by atoms with Crippen LogP contribution in [0.4, 0.5) is 4.39 Å². The quantitative estimate of drug-likeness (QED) is 0.790. The number of ether oxygens (including phenoxy) is 2. The molecule has 1 aliphatic heterocycles. The number of methoxy groups -OCH3 is 1. The van der Waals surface area contributed by atoms with Crippen molar-refractivity contribution in [1.82, 2.24) is 10.6 Å². The highest BCUT2D eigenvalue weighted by Gasteiger charge is 2.25. The summed E-state index contributed by atoms with van der Waals surface area (Å²) in [6.45, 7) is 1.77. The average molecular weight is 395 g/mol. The molecule has 1 fully saturated rings. The van der Waals surface area contributed by atoms with Crippen molar-refractivity contribution in [2.45, 2.75) is 18.6 Å². The normalized spacial score (nSPS) is 17.5. The van der Waals surface area contributed by atoms with Crippen molar-refractivity contribution in [3.05, 3.63) is 65.5 Å². The maximum Gasteiger partial charge on any atom is 0.250 e. The predicted octanol–water partition coefficient (Wildman–Crippen LogP) is 2.64. The maximum absolute atomic E-state index is 13.2. The first kappa shape index (κ1) is 21.2. The standard InChI is InChI=1S/C20H23FN2O3.ClH/c1-25-17-8-4-15(5-9-17)18(12-14-2-6-16(21)7-3-14)23-20(24)19-13-22-10-11-26-19;/h2-9,18-19,22H,10-13H2,1H3,(H,23,24);1H. The largest absolute Gasteiger partial charge is 0.497 e. The molecule has 146 valence electrons. The highest BCUT2D eigenvalue weighted by molar-refractivity contribution is 5.85. The molecule has 1 amide bonds. The third-order valence-corrected chi connectivity index (χ3v) is 4.41. The van der Waals surface area contributed by atoms with Gasteiger partial charge in [-0.15, -0.1) is 12.4 Å². The third-order valence-electron chi connectivity index (χ3n) is 4.41. The Morgan fingerprint density at radius 1 is 1.26 bits per heavy atom. The highest BCUT2D eigenvalue weighted by Crippen LogP contribution is 2.22. The van der Waals surface area contributed by atoms with Gasteiger partial charge in [0.15, 0.2) is 0 Å². The number of carbonyl (C=O) groups is 1. The summed E-state index contributed by atoms with van der Waals surface area (Å²) >= 11 is 0. The van der Waals surface area contributed by atoms with Gasteiger partial charge in [0.2, 0.25) is 0 Å². The summed E-state index contributed by atoms with van der Waals surface area (Å²) in [5, 5.41) is 6.22. The third kappa shape index (κ3) is 5.92. The van der Waals surface area contributed by atoms with Crippen LogP contribution in [0.25, 0.3) is 0 Å². The Bertz CT molecular complexity index is 719. The topological polar surface area (TPSA) is 59.6 Å². The first-order valence-electron chi connectivity index (χ1n) is 8.67. The van der Waals surface area contributed by atoms with Crippen LogP contribution in [-0.4, -0.2) is 38.8 Å². The Morgan fingerprint density at radius 3 is 2.56 bits per heavy atom. The van der Waals surface area contributed by atoms with Crippen molar-refractivity contribution in [3.8, 4) is 5.75 Å². The van der Waals surface area contributed by atoms with Crippen LogP contribution < -0.4 is 15.4 Å². The van der Waals surface area contributed by atoms with Gasteiger partial charge in [-0.3, -0.25) is 4.79 Å². The van der Waals surface area contributed by atoms with E-state index in [1.807, 2.05) is 24.3 Å². The van der Waals surface area contributed by atoms with E-state index >= 15 is 0 Å². The Balaban J connectivity index is 0.00000261. The van der Waals surface area contributed by atoms with Crippen molar-refractivity contribution in [3.63, 3.8) is 0 Å². The van der Waals surface area contributed by atoms with Crippen molar-refractivity contribution in [2.75, 3.05) is 26.8 Å². The zero-order valence-corrected chi connectivity index (χ0v) is 15.9. The molecular formula is C20H24ClFN2O3. The molecule has 1 saturated heterocycles. The molecule has 2 unspecified atom stereocenters. The van der Waals surface area contributed by atoms with Crippen LogP contribution in [0.3, 0.4) is 0 Å². The Morgan fingerprint density at radius 2 is 1.96 bits per heavy atom. The lowest BCUT2D eigenvalue weighted by molar-refractivity contribution is -0.135. The van der Waals surface area contributed by atoms with Crippen molar-refractivity contribution >= 4 is 18.3 Å². The SMILES string of the molecule is COc1ccc(C(Cc2ccc(F)cc2)NC(=O)C2CNCCO2)cc1.Cl. The maximum atomic E-state index is 13.2. The van der Waals surface area contributed by atoms with Gasteiger partial charge in [0.1, 0.15) is 17.7 Å². The van der Waals surface area contributed by atoms with Crippen LogP contribution in [0, 0.1) is 5.82 Å². The van der Waals surface area contributed by atoms with Gasteiger partial charge in [-0.05, 0) is 41.8 Å². The fourth-order valence-electron chi connectivity index (χ4n) is 2.94. The summed E-state index contributed by atoms with van der Waals surface area (Å²) in [6, 6.07) is 13.6. The zero-order chi connectivity index (χ0) is 18.4. The van der Waals surface area contributed by atoms with Crippen LogP contribution in [0.2, 0.25) is 0 Å². The fraction of sp³-hybridized carbons (Fsp3) is 0.350. The van der Waals surface area contributed by atoms with E-state index in [2.05, 4.69) is 10.6 Å². The Labute approximate surface area is 164 Å². The Hall–Kier alpha value is -2.15. The minimum absolute atomic E-state index is 0. The van der Waals surface area contributed by atoms with Crippen molar-refractivity contribution < 1.29 is 18.7 Å². The summed E-state index contributed by atoms with van der Waals surface area (Å²) in [7, 11) is 1.61. The van der Waals surface area contributed by atoms with Gasteiger partial charge < -0.3 is 20.1 Å². The van der Waals surface area contributed by atoms with E-state index in [1.54, 1.807) is 19.2 Å². The number of carbonyl (C=O) groups excluding carboxylic acids is 1. The number of halogens is 2. The first-order chi connectivity index (χ1) is 12.7. The average Bonchev–Trinajstić information content (AvgIpc) is 2.70. The second-order valence-electron chi connectivity index (χ2n) is 6.23. The second-order valence-corrected chi connectivity index (χ2v) is 6.23. The zero-order valence-electron chi connectivity index (χ0n) is 15.1. The van der Waals surface area contributed by atoms with Crippen molar-refractivity contribution in [1.29, 1.82) is 0 Å². The number of morpholine rings is 1. The summed E-state index contributed by atoms with van der Waals surface area (Å²) in [6.07, 6.45) is 0.0520. The molecule has 1 aliphatic rings. The molecule has 2 aromatic carbocycles. The molecule has 2 N–H and O–H groups in total. The summed E-state index contributed by atoms with van der Waals surface area (Å²) in [5.74, 6) is 0.320. The van der Waals surface area contributed by atoms with Crippen LogP contribution in [-0.2, 0) is 16.0 Å². The molecule has 7 heteroatoms. The van der Waals surface area contributed by atoms with Gasteiger partial charge >= 0.3 is 0 Å². The van der Waals surface area contributed by atoms with Gasteiger partial charge in [-0.2, -0.15) is 0 Å². The van der Waals surface area contributed by atoms with E-state index in [9.17, 15) is 9.18 Å². The Kier molecular flexibility index (Phi) is 8.03. The molecule has 2 atom stereocenters. The molecule has 0 aromatic heterocycles. The molecule has 2 aromatic rings. The van der Waals surface area contributed by atoms with Gasteiger partial charge in [-0.1, -0.05) is 24.3 Å². The van der Waals surface area contributed by atoms with Gasteiger partial charge in [0.05, 0.1) is 19.8 Å². The number of hydrogen-bond donors (Lipinski definition) is 2. The monoisotopic (exact) mass is 394 g/mol. The second kappa shape index (κ2) is 10.3. The lowest BCUT2D eigenvalue weighted by Crippen LogP contribution is -2.48. The number of amides is 1. The van der Waals surface area contributed by atoms with E-state index in [-0.39, 0.29) is 30.2 Å². The molecule has 0 spiro atoms. The molecule has 5 nitrogen and oxygen atoms in total. The van der Waals surface area contributed by atoms with E-state index in [4.69, 9.17) is 9.47 Å². The first-order valence-corrected chi connectivity index (χ1v) is 8.67. The fourth-order valence-corrected chi connectivity index (χ4v) is 2.94.